The zero-order valence-electron chi connectivity index (χ0n) is 11.0. The second-order valence-corrected chi connectivity index (χ2v) is 5.49. The number of aromatic nitrogens is 1. The molecule has 98 valence electrons. The van der Waals surface area contributed by atoms with Crippen LogP contribution in [0.3, 0.4) is 0 Å². The van der Waals surface area contributed by atoms with Crippen LogP contribution in [0, 0.1) is 0 Å². The van der Waals surface area contributed by atoms with Gasteiger partial charge in [-0.1, -0.05) is 6.42 Å². The minimum atomic E-state index is 0.357. The Morgan fingerprint density at radius 3 is 2.78 bits per heavy atom. The minimum absolute atomic E-state index is 0.357. The third-order valence-corrected chi connectivity index (χ3v) is 4.14. The lowest BCUT2D eigenvalue weighted by Crippen LogP contribution is -2.21. The molecule has 3 rings (SSSR count). The van der Waals surface area contributed by atoms with Crippen LogP contribution in [0.25, 0.3) is 0 Å². The number of ether oxygens (including phenoxy) is 1. The van der Waals surface area contributed by atoms with E-state index in [9.17, 15) is 0 Å². The number of nitrogens with two attached hydrogens (primary N) is 1. The Bertz CT molecular complexity index is 425. The molecule has 2 aliphatic carbocycles. The molecule has 3 heteroatoms. The van der Waals surface area contributed by atoms with Gasteiger partial charge in [0.05, 0.1) is 0 Å². The standard InChI is InChI=1S/C15H22N2O/c16-10-12-9-11-5-4-8-14(11)17-15(12)18-13-6-2-1-3-7-13/h9,13H,1-8,10,16H2. The first-order valence-electron chi connectivity index (χ1n) is 7.25. The number of rotatable bonds is 3. The Balaban J connectivity index is 1.81. The molecule has 0 saturated heterocycles. The molecule has 3 nitrogen and oxygen atoms in total. The second kappa shape index (κ2) is 5.27. The van der Waals surface area contributed by atoms with Gasteiger partial charge in [0.2, 0.25) is 5.88 Å². The highest BCUT2D eigenvalue weighted by atomic mass is 16.5. The summed E-state index contributed by atoms with van der Waals surface area (Å²) in [5.74, 6) is 0.810. The largest absolute Gasteiger partial charge is 0.474 e. The monoisotopic (exact) mass is 246 g/mol. The molecule has 2 aliphatic rings. The van der Waals surface area contributed by atoms with Crippen LogP contribution in [0.1, 0.15) is 55.3 Å². The summed E-state index contributed by atoms with van der Waals surface area (Å²) in [6.45, 7) is 0.530. The van der Waals surface area contributed by atoms with E-state index in [-0.39, 0.29) is 0 Å². The summed E-state index contributed by atoms with van der Waals surface area (Å²) >= 11 is 0. The molecule has 1 saturated carbocycles. The molecule has 0 bridgehead atoms. The topological polar surface area (TPSA) is 48.1 Å². The maximum atomic E-state index is 6.11. The average molecular weight is 246 g/mol. The second-order valence-electron chi connectivity index (χ2n) is 5.49. The van der Waals surface area contributed by atoms with E-state index in [0.717, 1.165) is 24.3 Å². The molecule has 0 amide bonds. The molecule has 1 aromatic rings. The third-order valence-electron chi connectivity index (χ3n) is 4.14. The quantitative estimate of drug-likeness (QED) is 0.892. The molecule has 1 aromatic heterocycles. The maximum absolute atomic E-state index is 6.11. The smallest absolute Gasteiger partial charge is 0.218 e. The highest BCUT2D eigenvalue weighted by molar-refractivity contribution is 5.36. The van der Waals surface area contributed by atoms with E-state index in [1.807, 2.05) is 0 Å². The molecule has 0 unspecified atom stereocenters. The van der Waals surface area contributed by atoms with Gasteiger partial charge < -0.3 is 10.5 Å². The first-order valence-corrected chi connectivity index (χ1v) is 7.25. The van der Waals surface area contributed by atoms with E-state index in [1.54, 1.807) is 0 Å². The normalized spacial score (nSPS) is 19.8. The van der Waals surface area contributed by atoms with Gasteiger partial charge in [-0.2, -0.15) is 0 Å². The van der Waals surface area contributed by atoms with Crippen molar-refractivity contribution < 1.29 is 4.74 Å². The lowest BCUT2D eigenvalue weighted by atomic mass is 9.98. The molecule has 1 heterocycles. The van der Waals surface area contributed by atoms with Crippen molar-refractivity contribution in [3.05, 3.63) is 22.9 Å². The maximum Gasteiger partial charge on any atom is 0.218 e. The lowest BCUT2D eigenvalue weighted by Gasteiger charge is -2.23. The number of pyridine rings is 1. The van der Waals surface area contributed by atoms with Crippen molar-refractivity contribution in [3.8, 4) is 5.88 Å². The van der Waals surface area contributed by atoms with Gasteiger partial charge in [-0.05, 0) is 56.6 Å². The number of hydrogen-bond donors (Lipinski definition) is 1. The summed E-state index contributed by atoms with van der Waals surface area (Å²) in [6, 6.07) is 2.22. The number of aryl methyl sites for hydroxylation is 2. The summed E-state index contributed by atoms with van der Waals surface area (Å²) in [4.78, 5) is 4.72. The first kappa shape index (κ1) is 12.0. The Hall–Kier alpha value is -1.09. The van der Waals surface area contributed by atoms with Gasteiger partial charge in [0.15, 0.2) is 0 Å². The molecule has 0 aromatic carbocycles. The fourth-order valence-electron chi connectivity index (χ4n) is 3.09. The van der Waals surface area contributed by atoms with Gasteiger partial charge in [0, 0.05) is 17.8 Å². The number of fused-ring (bicyclic) bond motifs is 1. The number of nitrogens with zero attached hydrogens (tertiary/aromatic N) is 1. The fraction of sp³-hybridized carbons (Fsp3) is 0.667. The van der Waals surface area contributed by atoms with Crippen molar-refractivity contribution in [2.75, 3.05) is 0 Å². The fourth-order valence-corrected chi connectivity index (χ4v) is 3.09. The van der Waals surface area contributed by atoms with Crippen molar-refractivity contribution in [3.63, 3.8) is 0 Å². The Morgan fingerprint density at radius 2 is 2.00 bits per heavy atom. The highest BCUT2D eigenvalue weighted by Gasteiger charge is 2.20. The van der Waals surface area contributed by atoms with E-state index in [0.29, 0.717) is 12.6 Å². The SMILES string of the molecule is NCc1cc2c(nc1OC1CCCCC1)CCC2. The molecule has 1 fully saturated rings. The van der Waals surface area contributed by atoms with Crippen LogP contribution in [-0.4, -0.2) is 11.1 Å². The summed E-state index contributed by atoms with van der Waals surface area (Å²) in [7, 11) is 0. The van der Waals surface area contributed by atoms with Crippen LogP contribution in [0.15, 0.2) is 6.07 Å². The van der Waals surface area contributed by atoms with Crippen molar-refractivity contribution in [1.29, 1.82) is 0 Å². The van der Waals surface area contributed by atoms with Gasteiger partial charge in [0.25, 0.3) is 0 Å². The van der Waals surface area contributed by atoms with Crippen molar-refractivity contribution in [1.82, 2.24) is 4.98 Å². The first-order chi connectivity index (χ1) is 8.86. The predicted molar refractivity (Wildman–Crippen MR) is 71.7 cm³/mol. The Labute approximate surface area is 109 Å². The molecule has 0 radical (unpaired) electrons. The zero-order valence-corrected chi connectivity index (χ0v) is 11.0. The summed E-state index contributed by atoms with van der Waals surface area (Å²) in [6.07, 6.45) is 10.1. The Morgan fingerprint density at radius 1 is 1.17 bits per heavy atom. The van der Waals surface area contributed by atoms with Gasteiger partial charge in [-0.3, -0.25) is 0 Å². The van der Waals surface area contributed by atoms with Gasteiger partial charge in [-0.25, -0.2) is 4.98 Å². The van der Waals surface area contributed by atoms with Crippen molar-refractivity contribution >= 4 is 0 Å². The Kier molecular flexibility index (Phi) is 3.50. The third kappa shape index (κ3) is 2.37. The van der Waals surface area contributed by atoms with E-state index in [1.165, 1.54) is 49.8 Å². The van der Waals surface area contributed by atoms with E-state index >= 15 is 0 Å². The molecule has 18 heavy (non-hydrogen) atoms. The van der Waals surface area contributed by atoms with Gasteiger partial charge in [-0.15, -0.1) is 0 Å². The van der Waals surface area contributed by atoms with Crippen LogP contribution in [0.2, 0.25) is 0 Å². The highest BCUT2D eigenvalue weighted by Crippen LogP contribution is 2.29. The van der Waals surface area contributed by atoms with E-state index < -0.39 is 0 Å². The summed E-state index contributed by atoms with van der Waals surface area (Å²) in [5.41, 5.74) is 9.53. The van der Waals surface area contributed by atoms with E-state index in [2.05, 4.69) is 6.07 Å². The van der Waals surface area contributed by atoms with Crippen LogP contribution in [0.4, 0.5) is 0 Å². The predicted octanol–water partition coefficient (Wildman–Crippen LogP) is 2.74. The molecular weight excluding hydrogens is 224 g/mol. The molecule has 2 N–H and O–H groups in total. The molecular formula is C15H22N2O. The summed E-state index contributed by atoms with van der Waals surface area (Å²) in [5, 5.41) is 0. The minimum Gasteiger partial charge on any atom is -0.474 e. The zero-order chi connectivity index (χ0) is 12.4. The van der Waals surface area contributed by atoms with Gasteiger partial charge in [0.1, 0.15) is 6.10 Å². The van der Waals surface area contributed by atoms with Crippen LogP contribution < -0.4 is 10.5 Å². The molecule has 0 spiro atoms. The van der Waals surface area contributed by atoms with Crippen LogP contribution in [-0.2, 0) is 19.4 Å². The lowest BCUT2D eigenvalue weighted by molar-refractivity contribution is 0.147. The van der Waals surface area contributed by atoms with Crippen LogP contribution >= 0.6 is 0 Å². The number of hydrogen-bond acceptors (Lipinski definition) is 3. The summed E-state index contributed by atoms with van der Waals surface area (Å²) < 4.78 is 6.11. The van der Waals surface area contributed by atoms with E-state index in [4.69, 9.17) is 15.5 Å². The van der Waals surface area contributed by atoms with Crippen molar-refractivity contribution in [2.24, 2.45) is 5.73 Å². The molecule has 0 aliphatic heterocycles. The molecule has 0 atom stereocenters. The van der Waals surface area contributed by atoms with Crippen LogP contribution in [0.5, 0.6) is 5.88 Å². The average Bonchev–Trinajstić information content (AvgIpc) is 2.86. The van der Waals surface area contributed by atoms with Gasteiger partial charge >= 0.3 is 0 Å². The van der Waals surface area contributed by atoms with Crippen molar-refractivity contribution in [2.45, 2.75) is 64.0 Å².